The maximum absolute atomic E-state index is 4.79. The first kappa shape index (κ1) is 37.0. The van der Waals surface area contributed by atoms with Gasteiger partial charge in [-0.2, -0.15) is 0 Å². The predicted molar refractivity (Wildman–Crippen MR) is 261 cm³/mol. The van der Waals surface area contributed by atoms with Gasteiger partial charge >= 0.3 is 0 Å². The van der Waals surface area contributed by atoms with Gasteiger partial charge in [0.15, 0.2) is 11.5 Å². The summed E-state index contributed by atoms with van der Waals surface area (Å²) in [6.07, 6.45) is 0. The molecule has 0 atom stereocenters. The van der Waals surface area contributed by atoms with Crippen LogP contribution in [0.4, 0.5) is 0 Å². The van der Waals surface area contributed by atoms with Crippen molar-refractivity contribution in [3.05, 3.63) is 218 Å². The Morgan fingerprint density at radius 2 is 0.726 bits per heavy atom. The van der Waals surface area contributed by atoms with Gasteiger partial charge in [0.05, 0.1) is 16.6 Å². The molecular formula is C58H42N4. The smallest absolute Gasteiger partial charge is 0.169 e. The van der Waals surface area contributed by atoms with E-state index in [0.29, 0.717) is 0 Å². The zero-order chi connectivity index (χ0) is 41.6. The minimum Gasteiger partial charge on any atom is -0.309 e. The molecule has 0 bridgehead atoms. The highest BCUT2D eigenvalue weighted by molar-refractivity contribution is 6.13. The summed E-state index contributed by atoms with van der Waals surface area (Å²) >= 11 is 0. The van der Waals surface area contributed by atoms with Gasteiger partial charge in [0.1, 0.15) is 0 Å². The molecule has 3 heterocycles. The van der Waals surface area contributed by atoms with Gasteiger partial charge in [0.25, 0.3) is 0 Å². The SMILES string of the molecule is CC.c1ccc(-c2cccc(-c3ccc4c(c3)c3cc(-c5cccc(-c6ccccc6)c5)ccc3n4-c3ccc(-c4nnc5c6ccccc6c6ccccc6n45)cc3)c2)cc1. The largest absolute Gasteiger partial charge is 0.309 e. The van der Waals surface area contributed by atoms with E-state index in [4.69, 9.17) is 10.2 Å². The van der Waals surface area contributed by atoms with Gasteiger partial charge in [-0.3, -0.25) is 4.40 Å². The fourth-order valence-corrected chi connectivity index (χ4v) is 9.12. The van der Waals surface area contributed by atoms with Gasteiger partial charge in [0, 0.05) is 32.8 Å². The molecule has 0 aliphatic heterocycles. The molecule has 4 nitrogen and oxygen atoms in total. The highest BCUT2D eigenvalue weighted by Crippen LogP contribution is 2.39. The van der Waals surface area contributed by atoms with Crippen molar-refractivity contribution in [1.29, 1.82) is 0 Å². The van der Waals surface area contributed by atoms with E-state index < -0.39 is 0 Å². The summed E-state index contributed by atoms with van der Waals surface area (Å²) in [6, 6.07) is 78.6. The second kappa shape index (κ2) is 15.5. The van der Waals surface area contributed by atoms with Crippen LogP contribution in [0.1, 0.15) is 13.8 Å². The normalized spacial score (nSPS) is 11.4. The predicted octanol–water partition coefficient (Wildman–Crippen LogP) is 15.5. The minimum absolute atomic E-state index is 0.825. The zero-order valence-electron chi connectivity index (χ0n) is 34.6. The average Bonchev–Trinajstić information content (AvgIpc) is 3.95. The maximum atomic E-state index is 4.79. The summed E-state index contributed by atoms with van der Waals surface area (Å²) in [5.74, 6) is 0.825. The van der Waals surface area contributed by atoms with E-state index >= 15 is 0 Å². The molecule has 294 valence electrons. The standard InChI is InChI=1S/C56H36N4.C2H6/c1-3-13-37(14-4-1)40-17-11-19-42(33-40)44-27-31-53-50(35-44)51-36-45(43-20-12-18-41(34-43)38-15-5-2-6-16-38)28-32-54(51)59(53)46-29-25-39(26-30-46)55-57-58-56-49-23-8-7-21-47(49)48-22-9-10-24-52(48)60(55)56;1-2/h1-36H;1-2H3. The van der Waals surface area contributed by atoms with Gasteiger partial charge < -0.3 is 4.57 Å². The molecule has 0 fully saturated rings. The first-order valence-electron chi connectivity index (χ1n) is 21.4. The summed E-state index contributed by atoms with van der Waals surface area (Å²) in [5.41, 5.74) is 15.9. The molecule has 0 aliphatic rings. The number of hydrogen-bond donors (Lipinski definition) is 0. The van der Waals surface area contributed by atoms with Crippen molar-refractivity contribution in [2.24, 2.45) is 0 Å². The van der Waals surface area contributed by atoms with Crippen LogP contribution in [0, 0.1) is 0 Å². The molecule has 0 radical (unpaired) electrons. The maximum Gasteiger partial charge on any atom is 0.169 e. The topological polar surface area (TPSA) is 35.1 Å². The van der Waals surface area contributed by atoms with Crippen LogP contribution in [0.2, 0.25) is 0 Å². The van der Waals surface area contributed by atoms with E-state index in [1.807, 2.05) is 13.8 Å². The van der Waals surface area contributed by atoms with Gasteiger partial charge in [-0.05, 0) is 117 Å². The quantitative estimate of drug-likeness (QED) is 0.157. The highest BCUT2D eigenvalue weighted by Gasteiger charge is 2.18. The van der Waals surface area contributed by atoms with Crippen molar-refractivity contribution in [2.75, 3.05) is 0 Å². The number of hydrogen-bond acceptors (Lipinski definition) is 2. The van der Waals surface area contributed by atoms with Crippen molar-refractivity contribution >= 4 is 49.1 Å². The number of pyridine rings is 1. The van der Waals surface area contributed by atoms with Crippen LogP contribution in [0.3, 0.4) is 0 Å². The lowest BCUT2D eigenvalue weighted by Gasteiger charge is -2.11. The number of nitrogens with zero attached hydrogens (tertiary/aromatic N) is 4. The average molecular weight is 795 g/mol. The third kappa shape index (κ3) is 6.24. The van der Waals surface area contributed by atoms with Crippen LogP contribution in [0.5, 0.6) is 0 Å². The Balaban J connectivity index is 0.00000213. The van der Waals surface area contributed by atoms with Crippen molar-refractivity contribution < 1.29 is 0 Å². The van der Waals surface area contributed by atoms with Gasteiger partial charge in [-0.15, -0.1) is 10.2 Å². The Labute approximate surface area is 360 Å². The number of benzene rings is 9. The van der Waals surface area contributed by atoms with Crippen LogP contribution < -0.4 is 0 Å². The molecule has 0 unspecified atom stereocenters. The lowest BCUT2D eigenvalue weighted by molar-refractivity contribution is 1.11. The molecular weight excluding hydrogens is 753 g/mol. The lowest BCUT2D eigenvalue weighted by atomic mass is 9.96. The summed E-state index contributed by atoms with van der Waals surface area (Å²) in [5, 5.41) is 15.4. The first-order chi connectivity index (χ1) is 30.7. The summed E-state index contributed by atoms with van der Waals surface area (Å²) in [7, 11) is 0. The Kier molecular flexibility index (Phi) is 9.24. The third-order valence-corrected chi connectivity index (χ3v) is 12.0. The molecule has 0 saturated carbocycles. The van der Waals surface area contributed by atoms with Crippen LogP contribution in [-0.2, 0) is 0 Å². The van der Waals surface area contributed by atoms with Gasteiger partial charge in [-0.25, -0.2) is 0 Å². The first-order valence-corrected chi connectivity index (χ1v) is 21.4. The number of para-hydroxylation sites is 1. The molecule has 12 rings (SSSR count). The second-order valence-electron chi connectivity index (χ2n) is 15.5. The zero-order valence-corrected chi connectivity index (χ0v) is 34.6. The fourth-order valence-electron chi connectivity index (χ4n) is 9.12. The number of rotatable bonds is 6. The molecule has 0 N–H and O–H groups in total. The van der Waals surface area contributed by atoms with Crippen molar-refractivity contribution in [1.82, 2.24) is 19.2 Å². The Hall–Kier alpha value is -8.08. The molecule has 0 saturated heterocycles. The van der Waals surface area contributed by atoms with Crippen LogP contribution >= 0.6 is 0 Å². The molecule has 0 spiro atoms. The van der Waals surface area contributed by atoms with E-state index in [1.54, 1.807) is 0 Å². The molecule has 9 aromatic carbocycles. The van der Waals surface area contributed by atoms with Gasteiger partial charge in [-0.1, -0.05) is 166 Å². The van der Waals surface area contributed by atoms with E-state index in [2.05, 4.69) is 227 Å². The summed E-state index contributed by atoms with van der Waals surface area (Å²) in [4.78, 5) is 0. The summed E-state index contributed by atoms with van der Waals surface area (Å²) in [6.45, 7) is 4.00. The van der Waals surface area contributed by atoms with Gasteiger partial charge in [0.2, 0.25) is 0 Å². The second-order valence-corrected chi connectivity index (χ2v) is 15.5. The minimum atomic E-state index is 0.825. The number of aromatic nitrogens is 4. The van der Waals surface area contributed by atoms with Crippen LogP contribution in [-0.4, -0.2) is 19.2 Å². The van der Waals surface area contributed by atoms with E-state index in [1.165, 1.54) is 66.1 Å². The van der Waals surface area contributed by atoms with E-state index in [0.717, 1.165) is 44.7 Å². The fraction of sp³-hybridized carbons (Fsp3) is 0.0345. The van der Waals surface area contributed by atoms with Crippen molar-refractivity contribution in [2.45, 2.75) is 13.8 Å². The third-order valence-electron chi connectivity index (χ3n) is 12.0. The van der Waals surface area contributed by atoms with E-state index in [-0.39, 0.29) is 0 Å². The Bertz CT molecular complexity index is 3440. The lowest BCUT2D eigenvalue weighted by Crippen LogP contribution is -1.96. The molecule has 4 heteroatoms. The van der Waals surface area contributed by atoms with Crippen molar-refractivity contribution in [3.63, 3.8) is 0 Å². The van der Waals surface area contributed by atoms with Crippen molar-refractivity contribution in [3.8, 4) is 61.6 Å². The van der Waals surface area contributed by atoms with Crippen LogP contribution in [0.25, 0.3) is 111 Å². The monoisotopic (exact) mass is 794 g/mol. The molecule has 0 aliphatic carbocycles. The molecule has 62 heavy (non-hydrogen) atoms. The van der Waals surface area contributed by atoms with Crippen LogP contribution in [0.15, 0.2) is 218 Å². The van der Waals surface area contributed by atoms with E-state index in [9.17, 15) is 0 Å². The number of fused-ring (bicyclic) bond motifs is 9. The highest BCUT2D eigenvalue weighted by atomic mass is 15.2. The Morgan fingerprint density at radius 3 is 1.29 bits per heavy atom. The molecule has 0 amide bonds. The Morgan fingerprint density at radius 1 is 0.290 bits per heavy atom. The molecule has 12 aromatic rings. The molecule has 3 aromatic heterocycles. The summed E-state index contributed by atoms with van der Waals surface area (Å²) < 4.78 is 4.60.